The normalized spacial score (nSPS) is 11.1. The lowest BCUT2D eigenvalue weighted by Crippen LogP contribution is -2.36. The van der Waals surface area contributed by atoms with Gasteiger partial charge in [-0.3, -0.25) is 10.2 Å². The van der Waals surface area contributed by atoms with Crippen molar-refractivity contribution in [3.8, 4) is 5.88 Å². The van der Waals surface area contributed by atoms with Crippen molar-refractivity contribution >= 4 is 45.1 Å². The van der Waals surface area contributed by atoms with Crippen LogP contribution in [-0.2, 0) is 11.3 Å². The predicted molar refractivity (Wildman–Crippen MR) is 128 cm³/mol. The van der Waals surface area contributed by atoms with Crippen LogP contribution in [0.25, 0.3) is 10.9 Å². The van der Waals surface area contributed by atoms with E-state index in [1.165, 1.54) is 0 Å². The molecule has 0 aliphatic rings. The van der Waals surface area contributed by atoms with Crippen molar-refractivity contribution < 1.29 is 15.3 Å². The molecular formula is C24H22N5O2S+. The highest BCUT2D eigenvalue weighted by molar-refractivity contribution is 8.14. The molecule has 0 unspecified atom stereocenters. The molecule has 1 amide bonds. The van der Waals surface area contributed by atoms with Crippen LogP contribution in [-0.4, -0.2) is 26.5 Å². The number of nitrogens with two attached hydrogens (primary N) is 1. The lowest BCUT2D eigenvalue weighted by atomic mass is 10.2. The second-order valence-electron chi connectivity index (χ2n) is 7.00. The van der Waals surface area contributed by atoms with E-state index >= 15 is 0 Å². The molecule has 1 aromatic heterocycles. The fourth-order valence-corrected chi connectivity index (χ4v) is 3.73. The molecule has 1 heterocycles. The van der Waals surface area contributed by atoms with E-state index < -0.39 is 0 Å². The number of amides is 1. The van der Waals surface area contributed by atoms with E-state index in [4.69, 9.17) is 5.41 Å². The fraction of sp³-hybridized carbons (Fsp3) is 0.0833. The number of carbonyl (C=O) groups is 1. The third kappa shape index (κ3) is 5.04. The summed E-state index contributed by atoms with van der Waals surface area (Å²) in [6.45, 7) is 0.496. The molecule has 0 radical (unpaired) electrons. The molecule has 4 rings (SSSR count). The van der Waals surface area contributed by atoms with Crippen LogP contribution in [0.3, 0.4) is 0 Å². The second kappa shape index (κ2) is 9.93. The molecule has 32 heavy (non-hydrogen) atoms. The number of nitrogens with one attached hydrogen (secondary N) is 1. The summed E-state index contributed by atoms with van der Waals surface area (Å²) in [6.07, 6.45) is 0. The molecule has 0 saturated carbocycles. The minimum absolute atomic E-state index is 0.0124. The number of nitrogens with zero attached hydrogens (tertiary/aromatic N) is 3. The summed E-state index contributed by atoms with van der Waals surface area (Å²) in [7, 11) is 0. The number of hydrogen-bond donors (Lipinski definition) is 3. The van der Waals surface area contributed by atoms with Crippen LogP contribution in [0.2, 0.25) is 0 Å². The molecule has 0 aliphatic carbocycles. The summed E-state index contributed by atoms with van der Waals surface area (Å²) in [5.41, 5.74) is 2.96. The Morgan fingerprint density at radius 3 is 2.38 bits per heavy atom. The van der Waals surface area contributed by atoms with Crippen LogP contribution < -0.4 is 10.7 Å². The number of aromatic hydroxyl groups is 1. The quantitative estimate of drug-likeness (QED) is 0.238. The van der Waals surface area contributed by atoms with E-state index in [0.717, 1.165) is 33.9 Å². The first-order valence-electron chi connectivity index (χ1n) is 9.98. The fourth-order valence-electron chi connectivity index (χ4n) is 3.28. The molecule has 7 nitrogen and oxygen atoms in total. The van der Waals surface area contributed by atoms with Crippen molar-refractivity contribution in [1.82, 2.24) is 4.57 Å². The summed E-state index contributed by atoms with van der Waals surface area (Å²) >= 11 is 1.08. The topological polar surface area (TPSA) is 105 Å². The maximum absolute atomic E-state index is 12.1. The van der Waals surface area contributed by atoms with Gasteiger partial charge in [0.25, 0.3) is 0 Å². The Labute approximate surface area is 189 Å². The number of benzene rings is 3. The van der Waals surface area contributed by atoms with E-state index in [0.29, 0.717) is 12.2 Å². The molecule has 0 saturated heterocycles. The summed E-state index contributed by atoms with van der Waals surface area (Å²) in [5, 5.41) is 28.7. The number of azo groups is 1. The van der Waals surface area contributed by atoms with Crippen LogP contribution >= 0.6 is 11.8 Å². The Bertz CT molecular complexity index is 1270. The number of thioether (sulfide) groups is 1. The van der Waals surface area contributed by atoms with Gasteiger partial charge < -0.3 is 15.0 Å². The van der Waals surface area contributed by atoms with Crippen molar-refractivity contribution in [3.63, 3.8) is 0 Å². The van der Waals surface area contributed by atoms with Gasteiger partial charge in [-0.25, -0.2) is 0 Å². The smallest absolute Gasteiger partial charge is 0.377 e. The van der Waals surface area contributed by atoms with Gasteiger partial charge in [-0.15, -0.1) is 0 Å². The molecule has 0 atom stereocenters. The molecule has 0 fully saturated rings. The van der Waals surface area contributed by atoms with Gasteiger partial charge in [0, 0.05) is 11.1 Å². The Kier molecular flexibility index (Phi) is 6.62. The second-order valence-corrected chi connectivity index (χ2v) is 8.00. The van der Waals surface area contributed by atoms with E-state index in [9.17, 15) is 9.90 Å². The summed E-state index contributed by atoms with van der Waals surface area (Å²) in [6, 6.07) is 26.6. The van der Waals surface area contributed by atoms with Gasteiger partial charge in [-0.2, -0.15) is 0 Å². The van der Waals surface area contributed by atoms with Gasteiger partial charge >= 0.3 is 5.17 Å². The van der Waals surface area contributed by atoms with Crippen LogP contribution in [0.15, 0.2) is 95.2 Å². The van der Waals surface area contributed by atoms with Gasteiger partial charge in [0.05, 0.1) is 22.9 Å². The number of anilines is 1. The first-order valence-corrected chi connectivity index (χ1v) is 11.0. The standard InChI is InChI=1S/C24H21N5O2S/c25-24(32-16-21(30)26-18-11-5-2-6-12-18)28-27-22-19-13-7-8-14-20(19)29(23(22)31)15-17-9-3-1-4-10-17/h1-14,25,31H,15-16H2,(H,26,30)/p+1. The SMILES string of the molecule is [NH2+]=C(N=Nc1c(O)n(Cc2ccccc2)c2ccccc12)SCC(=O)Nc1ccccc1. The Balaban J connectivity index is 1.47. The van der Waals surface area contributed by atoms with Gasteiger partial charge in [0.15, 0.2) is 5.69 Å². The highest BCUT2D eigenvalue weighted by Crippen LogP contribution is 2.39. The highest BCUT2D eigenvalue weighted by atomic mass is 32.2. The van der Waals surface area contributed by atoms with Gasteiger partial charge in [0.1, 0.15) is 0 Å². The number of amidine groups is 1. The van der Waals surface area contributed by atoms with Crippen molar-refractivity contribution in [1.29, 1.82) is 0 Å². The molecule has 3 aromatic carbocycles. The minimum Gasteiger partial charge on any atom is -0.493 e. The van der Waals surface area contributed by atoms with E-state index in [-0.39, 0.29) is 22.7 Å². The van der Waals surface area contributed by atoms with E-state index in [2.05, 4.69) is 15.5 Å². The van der Waals surface area contributed by atoms with Crippen LogP contribution in [0.5, 0.6) is 5.88 Å². The van der Waals surface area contributed by atoms with E-state index in [1.807, 2.05) is 84.9 Å². The molecule has 0 bridgehead atoms. The molecular weight excluding hydrogens is 422 g/mol. The average Bonchev–Trinajstić information content (AvgIpc) is 3.08. The van der Waals surface area contributed by atoms with Crippen LogP contribution in [0.4, 0.5) is 11.4 Å². The summed E-state index contributed by atoms with van der Waals surface area (Å²) in [4.78, 5) is 12.1. The number of carbonyl (C=O) groups excluding carboxylic acids is 1. The number of aromatic nitrogens is 1. The summed E-state index contributed by atoms with van der Waals surface area (Å²) in [5.74, 6) is -0.0818. The Morgan fingerprint density at radius 2 is 1.62 bits per heavy atom. The largest absolute Gasteiger partial charge is 0.493 e. The van der Waals surface area contributed by atoms with Crippen molar-refractivity contribution in [2.24, 2.45) is 10.2 Å². The van der Waals surface area contributed by atoms with Gasteiger partial charge in [-0.1, -0.05) is 66.7 Å². The molecule has 8 heteroatoms. The number of rotatable bonds is 6. The van der Waals surface area contributed by atoms with Crippen molar-refractivity contribution in [2.75, 3.05) is 11.1 Å². The Hall–Kier alpha value is -3.91. The van der Waals surface area contributed by atoms with Crippen molar-refractivity contribution in [2.45, 2.75) is 6.54 Å². The van der Waals surface area contributed by atoms with Crippen LogP contribution in [0, 0.1) is 0 Å². The third-order valence-corrected chi connectivity index (χ3v) is 5.54. The number of fused-ring (bicyclic) bond motifs is 1. The van der Waals surface area contributed by atoms with Gasteiger partial charge in [0.2, 0.25) is 11.8 Å². The minimum atomic E-state index is -0.193. The first-order chi connectivity index (χ1) is 15.6. The zero-order chi connectivity index (χ0) is 22.3. The average molecular weight is 445 g/mol. The Morgan fingerprint density at radius 1 is 0.969 bits per heavy atom. The highest BCUT2D eigenvalue weighted by Gasteiger charge is 2.19. The van der Waals surface area contributed by atoms with Gasteiger partial charge in [-0.05, 0) is 40.6 Å². The zero-order valence-corrected chi connectivity index (χ0v) is 18.0. The first kappa shape index (κ1) is 21.3. The lowest BCUT2D eigenvalue weighted by Gasteiger charge is -2.06. The molecule has 4 aromatic rings. The number of hydrogen-bond acceptors (Lipinski definition) is 4. The predicted octanol–water partition coefficient (Wildman–Crippen LogP) is 3.97. The van der Waals surface area contributed by atoms with E-state index in [1.54, 1.807) is 4.57 Å². The van der Waals surface area contributed by atoms with Crippen LogP contribution in [0.1, 0.15) is 5.56 Å². The maximum Gasteiger partial charge on any atom is 0.377 e. The lowest BCUT2D eigenvalue weighted by molar-refractivity contribution is -0.114. The summed E-state index contributed by atoms with van der Waals surface area (Å²) < 4.78 is 1.79. The zero-order valence-electron chi connectivity index (χ0n) is 17.2. The maximum atomic E-state index is 12.1. The third-order valence-electron chi connectivity index (χ3n) is 4.76. The monoisotopic (exact) mass is 444 g/mol. The molecule has 0 spiro atoms. The number of para-hydroxylation sites is 2. The molecule has 0 aliphatic heterocycles. The van der Waals surface area contributed by atoms with Crippen molar-refractivity contribution in [3.05, 3.63) is 90.5 Å². The molecule has 160 valence electrons. The molecule has 4 N–H and O–H groups in total.